The first-order valence-corrected chi connectivity index (χ1v) is 7.04. The van der Waals surface area contributed by atoms with E-state index < -0.39 is 6.10 Å². The van der Waals surface area contributed by atoms with Crippen LogP contribution in [0.1, 0.15) is 46.0 Å². The van der Waals surface area contributed by atoms with E-state index in [1.165, 1.54) is 18.3 Å². The van der Waals surface area contributed by atoms with Crippen LogP contribution in [-0.2, 0) is 9.53 Å². The summed E-state index contributed by atoms with van der Waals surface area (Å²) in [7, 11) is 1.38. The Bertz CT molecular complexity index is 435. The van der Waals surface area contributed by atoms with Gasteiger partial charge in [-0.25, -0.2) is 4.79 Å². The Morgan fingerprint density at radius 3 is 2.84 bits per heavy atom. The van der Waals surface area contributed by atoms with E-state index in [1.807, 2.05) is 0 Å². The number of methoxy groups -OCH3 is 1. The molecule has 0 amide bonds. The fourth-order valence-corrected chi connectivity index (χ4v) is 3.71. The number of allylic oxidation sites excluding steroid dienone is 1. The zero-order valence-electron chi connectivity index (χ0n) is 12.2. The molecule has 2 aliphatic carbocycles. The van der Waals surface area contributed by atoms with Crippen molar-refractivity contribution in [2.24, 2.45) is 11.3 Å². The molecule has 1 N–H and O–H groups in total. The van der Waals surface area contributed by atoms with Gasteiger partial charge < -0.3 is 9.84 Å². The van der Waals surface area contributed by atoms with E-state index >= 15 is 0 Å². The lowest BCUT2D eigenvalue weighted by Crippen LogP contribution is -2.43. The summed E-state index contributed by atoms with van der Waals surface area (Å²) in [5.41, 5.74) is 3.12. The molecule has 0 bridgehead atoms. The van der Waals surface area contributed by atoms with Crippen LogP contribution in [0.3, 0.4) is 0 Å². The molecule has 0 aliphatic heterocycles. The summed E-state index contributed by atoms with van der Waals surface area (Å²) < 4.78 is 4.75. The van der Waals surface area contributed by atoms with Crippen molar-refractivity contribution in [2.45, 2.75) is 52.1 Å². The molecule has 3 heteroatoms. The maximum absolute atomic E-state index is 11.6. The van der Waals surface area contributed by atoms with Crippen LogP contribution in [0, 0.1) is 11.3 Å². The Balaban J connectivity index is 2.27. The van der Waals surface area contributed by atoms with E-state index in [4.69, 9.17) is 4.74 Å². The molecule has 0 radical (unpaired) electrons. The van der Waals surface area contributed by atoms with Crippen molar-refractivity contribution in [2.75, 3.05) is 7.11 Å². The average Bonchev–Trinajstić information content (AvgIpc) is 2.39. The summed E-state index contributed by atoms with van der Waals surface area (Å²) in [6, 6.07) is 0. The quantitative estimate of drug-likeness (QED) is 0.474. The normalized spacial score (nSPS) is 34.7. The second kappa shape index (κ2) is 5.12. The third-order valence-electron chi connectivity index (χ3n) is 5.09. The van der Waals surface area contributed by atoms with Crippen LogP contribution in [0.4, 0.5) is 0 Å². The molecule has 19 heavy (non-hydrogen) atoms. The van der Waals surface area contributed by atoms with E-state index in [-0.39, 0.29) is 17.3 Å². The standard InChI is InChI=1S/C16H24O3/c1-10-6-5-7-16(3)13(10)8-12(9-14(16)17)11(2)15(18)19-4/h12,14,17H,2,5-9H2,1,3-4H3. The first-order chi connectivity index (χ1) is 8.90. The van der Waals surface area contributed by atoms with Crippen molar-refractivity contribution >= 4 is 5.97 Å². The van der Waals surface area contributed by atoms with Gasteiger partial charge in [0.05, 0.1) is 13.2 Å². The number of ether oxygens (including phenoxy) is 1. The molecule has 0 aromatic heterocycles. The zero-order valence-corrected chi connectivity index (χ0v) is 12.2. The zero-order chi connectivity index (χ0) is 14.2. The summed E-state index contributed by atoms with van der Waals surface area (Å²) >= 11 is 0. The van der Waals surface area contributed by atoms with Crippen molar-refractivity contribution in [3.63, 3.8) is 0 Å². The van der Waals surface area contributed by atoms with Gasteiger partial charge in [-0.3, -0.25) is 0 Å². The van der Waals surface area contributed by atoms with Gasteiger partial charge in [-0.15, -0.1) is 0 Å². The lowest BCUT2D eigenvalue weighted by molar-refractivity contribution is -0.137. The summed E-state index contributed by atoms with van der Waals surface area (Å²) in [6.45, 7) is 8.18. The number of hydrogen-bond acceptors (Lipinski definition) is 3. The topological polar surface area (TPSA) is 46.5 Å². The third kappa shape index (κ3) is 2.36. The molecule has 2 aliphatic rings. The molecule has 106 valence electrons. The van der Waals surface area contributed by atoms with Gasteiger partial charge in [0.15, 0.2) is 0 Å². The predicted molar refractivity (Wildman–Crippen MR) is 74.5 cm³/mol. The number of esters is 1. The number of fused-ring (bicyclic) bond motifs is 1. The molecule has 2 rings (SSSR count). The van der Waals surface area contributed by atoms with Crippen LogP contribution in [0.2, 0.25) is 0 Å². The Morgan fingerprint density at radius 1 is 1.53 bits per heavy atom. The molecule has 1 saturated carbocycles. The molecular weight excluding hydrogens is 240 g/mol. The number of carbonyl (C=O) groups excluding carboxylic acids is 1. The molecule has 3 nitrogen and oxygen atoms in total. The van der Waals surface area contributed by atoms with Gasteiger partial charge in [0, 0.05) is 11.0 Å². The second-order valence-corrected chi connectivity index (χ2v) is 6.20. The van der Waals surface area contributed by atoms with Crippen LogP contribution in [0.25, 0.3) is 0 Å². The minimum absolute atomic E-state index is 0.0126. The summed E-state index contributed by atoms with van der Waals surface area (Å²) in [6.07, 6.45) is 4.35. The first-order valence-electron chi connectivity index (χ1n) is 7.04. The monoisotopic (exact) mass is 264 g/mol. The highest BCUT2D eigenvalue weighted by Gasteiger charge is 2.45. The molecule has 3 unspecified atom stereocenters. The fraction of sp³-hybridized carbons (Fsp3) is 0.688. The molecule has 0 spiro atoms. The number of rotatable bonds is 2. The van der Waals surface area contributed by atoms with E-state index in [0.29, 0.717) is 12.0 Å². The van der Waals surface area contributed by atoms with E-state index in [9.17, 15) is 9.90 Å². The van der Waals surface area contributed by atoms with Crippen molar-refractivity contribution in [3.8, 4) is 0 Å². The van der Waals surface area contributed by atoms with Gasteiger partial charge in [-0.2, -0.15) is 0 Å². The first kappa shape index (κ1) is 14.3. The van der Waals surface area contributed by atoms with Gasteiger partial charge >= 0.3 is 5.97 Å². The lowest BCUT2D eigenvalue weighted by Gasteiger charge is -2.47. The molecule has 0 saturated heterocycles. The molecule has 0 aromatic rings. The van der Waals surface area contributed by atoms with Gasteiger partial charge in [0.25, 0.3) is 0 Å². The number of aliphatic hydroxyl groups is 1. The smallest absolute Gasteiger partial charge is 0.333 e. The SMILES string of the molecule is C=C(C(=O)OC)C1CC2=C(C)CCCC2(C)C(O)C1. The van der Waals surface area contributed by atoms with Gasteiger partial charge in [0.1, 0.15) is 0 Å². The van der Waals surface area contributed by atoms with Gasteiger partial charge in [-0.05, 0) is 44.9 Å². The number of hydrogen-bond donors (Lipinski definition) is 1. The average molecular weight is 264 g/mol. The van der Waals surface area contributed by atoms with Crippen LogP contribution in [0.5, 0.6) is 0 Å². The maximum atomic E-state index is 11.6. The Labute approximate surface area is 115 Å². The number of aliphatic hydroxyl groups excluding tert-OH is 1. The minimum Gasteiger partial charge on any atom is -0.466 e. The Hall–Kier alpha value is -1.09. The van der Waals surface area contributed by atoms with Crippen LogP contribution < -0.4 is 0 Å². The summed E-state index contributed by atoms with van der Waals surface area (Å²) in [5, 5.41) is 10.5. The Morgan fingerprint density at radius 2 is 2.21 bits per heavy atom. The van der Waals surface area contributed by atoms with E-state index in [2.05, 4.69) is 20.4 Å². The van der Waals surface area contributed by atoms with Crippen LogP contribution in [-0.4, -0.2) is 24.3 Å². The van der Waals surface area contributed by atoms with Crippen molar-refractivity contribution in [1.29, 1.82) is 0 Å². The fourth-order valence-electron chi connectivity index (χ4n) is 3.71. The molecule has 1 fully saturated rings. The largest absolute Gasteiger partial charge is 0.466 e. The Kier molecular flexibility index (Phi) is 3.86. The molecular formula is C16H24O3. The molecule has 0 aromatic carbocycles. The predicted octanol–water partition coefficient (Wildman–Crippen LogP) is 2.99. The van der Waals surface area contributed by atoms with Crippen molar-refractivity contribution in [1.82, 2.24) is 0 Å². The van der Waals surface area contributed by atoms with Crippen LogP contribution >= 0.6 is 0 Å². The molecule has 0 heterocycles. The highest BCUT2D eigenvalue weighted by atomic mass is 16.5. The highest BCUT2D eigenvalue weighted by Crippen LogP contribution is 2.52. The molecule has 3 atom stereocenters. The summed E-state index contributed by atoms with van der Waals surface area (Å²) in [4.78, 5) is 11.6. The lowest BCUT2D eigenvalue weighted by atomic mass is 9.59. The minimum atomic E-state index is -0.391. The summed E-state index contributed by atoms with van der Waals surface area (Å²) in [5.74, 6) is -0.339. The highest BCUT2D eigenvalue weighted by molar-refractivity contribution is 5.88. The van der Waals surface area contributed by atoms with Gasteiger partial charge in [0.2, 0.25) is 0 Å². The second-order valence-electron chi connectivity index (χ2n) is 6.20. The third-order valence-corrected chi connectivity index (χ3v) is 5.09. The van der Waals surface area contributed by atoms with Crippen molar-refractivity contribution in [3.05, 3.63) is 23.3 Å². The number of carbonyl (C=O) groups is 1. The van der Waals surface area contributed by atoms with Crippen molar-refractivity contribution < 1.29 is 14.6 Å². The van der Waals surface area contributed by atoms with Crippen LogP contribution in [0.15, 0.2) is 23.3 Å². The van der Waals surface area contributed by atoms with E-state index in [0.717, 1.165) is 25.7 Å². The maximum Gasteiger partial charge on any atom is 0.333 e. The van der Waals surface area contributed by atoms with Gasteiger partial charge in [-0.1, -0.05) is 24.6 Å². The van der Waals surface area contributed by atoms with E-state index in [1.54, 1.807) is 0 Å².